The van der Waals surface area contributed by atoms with Crippen LogP contribution in [0.25, 0.3) is 0 Å². The Labute approximate surface area is 201 Å². The summed E-state index contributed by atoms with van der Waals surface area (Å²) in [5.41, 5.74) is 0. The first-order valence-electron chi connectivity index (χ1n) is 7.32. The van der Waals surface area contributed by atoms with Crippen LogP contribution in [0, 0.1) is 0 Å². The predicted octanol–water partition coefficient (Wildman–Crippen LogP) is 1.04. The molecule has 0 bridgehead atoms. The molecular weight excluding hydrogens is 560 g/mol. The van der Waals surface area contributed by atoms with Crippen molar-refractivity contribution in [1.29, 1.82) is 0 Å². The fourth-order valence-corrected chi connectivity index (χ4v) is 2.83. The number of alkyl carbamates (subject to hydrolysis) is 1. The fourth-order valence-electron chi connectivity index (χ4n) is 1.58. The summed E-state index contributed by atoms with van der Waals surface area (Å²) in [5, 5.41) is 1.56. The molecule has 0 atom stereocenters. The van der Waals surface area contributed by atoms with Crippen molar-refractivity contribution in [2.45, 2.75) is 42.2 Å². The average Bonchev–Trinajstić information content (AvgIpc) is 2.56. The van der Waals surface area contributed by atoms with Crippen LogP contribution in [0.15, 0.2) is 0 Å². The number of hydrogen-bond acceptors (Lipinski definition) is 6. The Bertz CT molecular complexity index is 775. The van der Waals surface area contributed by atoms with Crippen molar-refractivity contribution in [3.8, 4) is 0 Å². The topological polar surface area (TPSA) is 95.5 Å². The van der Waals surface area contributed by atoms with Crippen LogP contribution in [0.4, 0.5) is 61.9 Å². The SMILES string of the molecule is O=C(NCCSS(=O)(=O)[O-])OCCC(F)(F)C(F)(F)C(F)(F)C(F)(F)C(F)(F)C(F)(F)F.[Na+]. The summed E-state index contributed by atoms with van der Waals surface area (Å²) < 4.78 is 201. The zero-order valence-corrected chi connectivity index (χ0v) is 19.2. The molecule has 0 saturated heterocycles. The van der Waals surface area contributed by atoms with Crippen LogP contribution in [-0.4, -0.2) is 73.8 Å². The number of alkyl halides is 13. The quantitative estimate of drug-likeness (QED) is 0.132. The number of amides is 1. The first-order chi connectivity index (χ1) is 13.9. The van der Waals surface area contributed by atoms with Crippen LogP contribution in [0.1, 0.15) is 6.42 Å². The number of ether oxygens (including phenoxy) is 1. The Morgan fingerprint density at radius 3 is 1.64 bits per heavy atom. The molecule has 0 aliphatic carbocycles. The molecule has 0 saturated carbocycles. The summed E-state index contributed by atoms with van der Waals surface area (Å²) in [6.07, 6.45) is -12.0. The molecule has 0 fully saturated rings. The molecular formula is C11H9F13NNaO5S2. The zero-order valence-electron chi connectivity index (χ0n) is 15.6. The first-order valence-corrected chi connectivity index (χ1v) is 10.2. The number of carbonyl (C=O) groups is 1. The van der Waals surface area contributed by atoms with Crippen molar-refractivity contribution >= 4 is 26.0 Å². The van der Waals surface area contributed by atoms with Gasteiger partial charge in [0.2, 0.25) is 0 Å². The van der Waals surface area contributed by atoms with Crippen molar-refractivity contribution in [2.75, 3.05) is 18.9 Å². The summed E-state index contributed by atoms with van der Waals surface area (Å²) in [5.74, 6) is -38.3. The third-order valence-electron chi connectivity index (χ3n) is 3.25. The van der Waals surface area contributed by atoms with Crippen LogP contribution in [-0.2, 0) is 13.9 Å². The Kier molecular flexibility index (Phi) is 11.7. The number of hydrogen-bond donors (Lipinski definition) is 1. The molecule has 0 unspecified atom stereocenters. The van der Waals surface area contributed by atoms with E-state index in [-0.39, 0.29) is 40.4 Å². The van der Waals surface area contributed by atoms with E-state index in [4.69, 9.17) is 0 Å². The van der Waals surface area contributed by atoms with Gasteiger partial charge in [-0.1, -0.05) is 0 Å². The molecule has 1 N–H and O–H groups in total. The van der Waals surface area contributed by atoms with E-state index in [1.165, 1.54) is 0 Å². The molecule has 0 spiro atoms. The molecule has 0 radical (unpaired) electrons. The molecule has 0 aliphatic heterocycles. The van der Waals surface area contributed by atoms with Gasteiger partial charge in [-0.25, -0.2) is 13.2 Å². The molecule has 192 valence electrons. The van der Waals surface area contributed by atoms with Gasteiger partial charge in [0.15, 0.2) is 0 Å². The predicted molar refractivity (Wildman–Crippen MR) is 76.9 cm³/mol. The van der Waals surface area contributed by atoms with Gasteiger partial charge >= 0.3 is 71.4 Å². The average molecular weight is 569 g/mol. The summed E-state index contributed by atoms with van der Waals surface area (Å²) in [7, 11) is -5.04. The zero-order chi connectivity index (χ0) is 26.0. The van der Waals surface area contributed by atoms with E-state index in [1.54, 1.807) is 5.32 Å². The number of rotatable bonds is 11. The first kappa shape index (κ1) is 34.8. The fraction of sp³-hybridized carbons (Fsp3) is 0.909. The van der Waals surface area contributed by atoms with E-state index in [0.717, 1.165) is 0 Å². The molecule has 0 heterocycles. The van der Waals surface area contributed by atoms with Gasteiger partial charge in [-0.15, -0.1) is 0 Å². The van der Waals surface area contributed by atoms with Crippen molar-refractivity contribution in [1.82, 2.24) is 5.32 Å². The number of carbonyl (C=O) groups excluding carboxylic acids is 1. The van der Waals surface area contributed by atoms with Gasteiger partial charge in [0.1, 0.15) is 9.15 Å². The summed E-state index contributed by atoms with van der Waals surface area (Å²) in [4.78, 5) is 11.0. The standard InChI is InChI=1S/C11H10F13NO5S2.Na/c12-6(13,1-3-30-5(26)25-2-4-31-32(27,28)29)7(14,15)8(16,17)9(18,19)10(20,21)11(22,23)24;/h1-4H2,(H,25,26)(H,27,28,29);/q;+1/p-1. The van der Waals surface area contributed by atoms with Gasteiger partial charge in [-0.05, 0) is 10.8 Å². The van der Waals surface area contributed by atoms with E-state index in [1.807, 2.05) is 0 Å². The summed E-state index contributed by atoms with van der Waals surface area (Å²) >= 11 is 0. The molecule has 0 aromatic carbocycles. The maximum absolute atomic E-state index is 13.4. The van der Waals surface area contributed by atoms with Crippen LogP contribution in [0.2, 0.25) is 0 Å². The van der Waals surface area contributed by atoms with Gasteiger partial charge in [0, 0.05) is 12.3 Å². The molecule has 22 heteroatoms. The molecule has 33 heavy (non-hydrogen) atoms. The van der Waals surface area contributed by atoms with Gasteiger partial charge in [-0.2, -0.15) is 57.1 Å². The van der Waals surface area contributed by atoms with E-state index in [9.17, 15) is 74.8 Å². The Morgan fingerprint density at radius 2 is 1.24 bits per heavy atom. The van der Waals surface area contributed by atoms with Gasteiger partial charge in [0.05, 0.1) is 13.0 Å². The minimum Gasteiger partial charge on any atom is -0.739 e. The smallest absolute Gasteiger partial charge is 0.739 e. The normalized spacial score (nSPS) is 14.5. The summed E-state index contributed by atoms with van der Waals surface area (Å²) in [6.45, 7) is -2.65. The van der Waals surface area contributed by atoms with Gasteiger partial charge in [0.25, 0.3) is 0 Å². The third-order valence-corrected chi connectivity index (χ3v) is 5.27. The maximum atomic E-state index is 13.4. The summed E-state index contributed by atoms with van der Waals surface area (Å²) in [6, 6.07) is 0. The second-order valence-corrected chi connectivity index (χ2v) is 8.93. The van der Waals surface area contributed by atoms with Gasteiger partial charge in [-0.3, -0.25) is 0 Å². The van der Waals surface area contributed by atoms with Crippen LogP contribution >= 0.6 is 10.8 Å². The molecule has 0 aromatic heterocycles. The van der Waals surface area contributed by atoms with E-state index in [2.05, 4.69) is 4.74 Å². The molecule has 0 aliphatic rings. The molecule has 0 rings (SSSR count). The van der Waals surface area contributed by atoms with Crippen molar-refractivity contribution in [3.05, 3.63) is 0 Å². The number of nitrogens with one attached hydrogen (secondary N) is 1. The largest absolute Gasteiger partial charge is 1.00 e. The molecule has 6 nitrogen and oxygen atoms in total. The van der Waals surface area contributed by atoms with Crippen molar-refractivity contribution in [3.63, 3.8) is 0 Å². The number of halogens is 13. The van der Waals surface area contributed by atoms with E-state index < -0.39 is 76.4 Å². The Morgan fingerprint density at radius 1 is 0.818 bits per heavy atom. The Balaban J connectivity index is 0. The van der Waals surface area contributed by atoms with Crippen LogP contribution in [0.5, 0.6) is 0 Å². The Hall–Kier alpha value is -0.380. The maximum Gasteiger partial charge on any atom is 1.00 e. The van der Waals surface area contributed by atoms with E-state index >= 15 is 0 Å². The van der Waals surface area contributed by atoms with E-state index in [0.29, 0.717) is 0 Å². The third kappa shape index (κ3) is 7.80. The molecule has 0 aromatic rings. The van der Waals surface area contributed by atoms with Crippen LogP contribution in [0.3, 0.4) is 0 Å². The second-order valence-electron chi connectivity index (χ2n) is 5.54. The minimum atomic E-state index is -8.02. The molecule has 1 amide bonds. The van der Waals surface area contributed by atoms with Crippen molar-refractivity contribution in [2.24, 2.45) is 0 Å². The monoisotopic (exact) mass is 569 g/mol. The van der Waals surface area contributed by atoms with Crippen LogP contribution < -0.4 is 34.9 Å². The minimum absolute atomic E-state index is 0. The van der Waals surface area contributed by atoms with Crippen molar-refractivity contribution < 1.29 is 109 Å². The van der Waals surface area contributed by atoms with Gasteiger partial charge < -0.3 is 14.6 Å². The second kappa shape index (κ2) is 11.1.